The summed E-state index contributed by atoms with van der Waals surface area (Å²) in [5.41, 5.74) is 2.64. The lowest BCUT2D eigenvalue weighted by Crippen LogP contribution is -2.32. The third kappa shape index (κ3) is 6.65. The predicted octanol–water partition coefficient (Wildman–Crippen LogP) is 3.25. The molecule has 0 aromatic carbocycles. The van der Waals surface area contributed by atoms with Gasteiger partial charge in [-0.3, -0.25) is 5.10 Å². The first-order valence-electron chi connectivity index (χ1n) is 8.47. The Bertz CT molecular complexity index is 502. The average molecular weight is 322 g/mol. The van der Waals surface area contributed by atoms with E-state index in [1.165, 1.54) is 5.70 Å². The van der Waals surface area contributed by atoms with Crippen LogP contribution in [0.25, 0.3) is 0 Å². The lowest BCUT2D eigenvalue weighted by Gasteiger charge is -2.24. The largest absolute Gasteiger partial charge is 0.391 e. The van der Waals surface area contributed by atoms with Gasteiger partial charge in [0.25, 0.3) is 0 Å². The molecule has 1 unspecified atom stereocenters. The van der Waals surface area contributed by atoms with Gasteiger partial charge in [-0.05, 0) is 13.0 Å². The number of H-pyrrole nitrogens is 1. The molecule has 1 atom stereocenters. The molecule has 1 heterocycles. The van der Waals surface area contributed by atoms with E-state index < -0.39 is 0 Å². The van der Waals surface area contributed by atoms with Crippen molar-refractivity contribution in [2.75, 3.05) is 25.5 Å². The Hall–Kier alpha value is -1.49. The standard InChI is InChI=1S/C18H35N5/c1-13(11-14(19-8)17(2,3)4)20-9-10-21-16-12-15(22-23-16)18(5,6)7/h11-13,19-20H,9-10H2,1-8H3,(H2,21,22,23)/b14-11-. The van der Waals surface area contributed by atoms with Crippen molar-refractivity contribution in [2.24, 2.45) is 5.41 Å². The summed E-state index contributed by atoms with van der Waals surface area (Å²) in [7, 11) is 1.98. The fourth-order valence-corrected chi connectivity index (χ4v) is 2.30. The molecule has 1 aromatic heterocycles. The Morgan fingerprint density at radius 1 is 1.22 bits per heavy atom. The van der Waals surface area contributed by atoms with Crippen molar-refractivity contribution < 1.29 is 0 Å². The second kappa shape index (κ2) is 7.86. The molecule has 4 N–H and O–H groups in total. The second-order valence-electron chi connectivity index (χ2n) is 8.17. The van der Waals surface area contributed by atoms with Gasteiger partial charge < -0.3 is 16.0 Å². The Morgan fingerprint density at radius 3 is 2.35 bits per heavy atom. The molecular formula is C18H35N5. The maximum Gasteiger partial charge on any atom is 0.148 e. The predicted molar refractivity (Wildman–Crippen MR) is 99.8 cm³/mol. The highest BCUT2D eigenvalue weighted by Crippen LogP contribution is 2.23. The smallest absolute Gasteiger partial charge is 0.148 e. The van der Waals surface area contributed by atoms with Gasteiger partial charge in [0.2, 0.25) is 0 Å². The van der Waals surface area contributed by atoms with Gasteiger partial charge in [0.1, 0.15) is 5.82 Å². The SMILES string of the molecule is CN/C(=C\C(C)NCCNc1cc(C(C)(C)C)[nH]n1)C(C)(C)C. The zero-order chi connectivity index (χ0) is 17.7. The van der Waals surface area contributed by atoms with Crippen LogP contribution in [-0.2, 0) is 5.41 Å². The van der Waals surface area contributed by atoms with Gasteiger partial charge in [-0.25, -0.2) is 0 Å². The number of anilines is 1. The van der Waals surface area contributed by atoms with Gasteiger partial charge in [0, 0.05) is 54.5 Å². The van der Waals surface area contributed by atoms with Crippen molar-refractivity contribution in [3.8, 4) is 0 Å². The van der Waals surface area contributed by atoms with Crippen LogP contribution in [-0.4, -0.2) is 36.4 Å². The summed E-state index contributed by atoms with van der Waals surface area (Å²) in [4.78, 5) is 0. The molecule has 5 heteroatoms. The van der Waals surface area contributed by atoms with Crippen LogP contribution < -0.4 is 16.0 Å². The van der Waals surface area contributed by atoms with E-state index in [9.17, 15) is 0 Å². The third-order valence-corrected chi connectivity index (χ3v) is 3.78. The summed E-state index contributed by atoms with van der Waals surface area (Å²) >= 11 is 0. The molecule has 0 saturated carbocycles. The molecule has 132 valence electrons. The van der Waals surface area contributed by atoms with E-state index in [0.717, 1.165) is 24.6 Å². The number of rotatable bonds is 7. The highest BCUT2D eigenvalue weighted by atomic mass is 15.2. The summed E-state index contributed by atoms with van der Waals surface area (Å²) in [5, 5.41) is 17.6. The fraction of sp³-hybridized carbons (Fsp3) is 0.722. The second-order valence-corrected chi connectivity index (χ2v) is 8.17. The van der Waals surface area contributed by atoms with Crippen molar-refractivity contribution in [1.82, 2.24) is 20.8 Å². The summed E-state index contributed by atoms with van der Waals surface area (Å²) < 4.78 is 0. The molecule has 0 fully saturated rings. The Labute approximate surface area is 141 Å². The number of hydrogen-bond donors (Lipinski definition) is 4. The molecular weight excluding hydrogens is 286 g/mol. The van der Waals surface area contributed by atoms with Gasteiger partial charge >= 0.3 is 0 Å². The minimum absolute atomic E-state index is 0.0982. The molecule has 0 aliphatic rings. The summed E-state index contributed by atoms with van der Waals surface area (Å²) in [6.07, 6.45) is 2.26. The molecule has 0 aliphatic carbocycles. The molecule has 0 bridgehead atoms. The molecule has 5 nitrogen and oxygen atoms in total. The van der Waals surface area contributed by atoms with Crippen LogP contribution in [0.4, 0.5) is 5.82 Å². The molecule has 23 heavy (non-hydrogen) atoms. The molecule has 0 spiro atoms. The Morgan fingerprint density at radius 2 is 1.87 bits per heavy atom. The van der Waals surface area contributed by atoms with Gasteiger partial charge in [-0.15, -0.1) is 0 Å². The van der Waals surface area contributed by atoms with Crippen LogP contribution in [0.3, 0.4) is 0 Å². The van der Waals surface area contributed by atoms with Gasteiger partial charge in [0.05, 0.1) is 0 Å². The van der Waals surface area contributed by atoms with E-state index >= 15 is 0 Å². The van der Waals surface area contributed by atoms with E-state index in [1.807, 2.05) is 7.05 Å². The van der Waals surface area contributed by atoms with Gasteiger partial charge in [-0.2, -0.15) is 5.10 Å². The van der Waals surface area contributed by atoms with E-state index in [-0.39, 0.29) is 10.8 Å². The maximum absolute atomic E-state index is 4.31. The number of hydrogen-bond acceptors (Lipinski definition) is 4. The van der Waals surface area contributed by atoms with Crippen molar-refractivity contribution in [1.29, 1.82) is 0 Å². The highest BCUT2D eigenvalue weighted by molar-refractivity contribution is 5.37. The topological polar surface area (TPSA) is 64.8 Å². The monoisotopic (exact) mass is 321 g/mol. The zero-order valence-corrected chi connectivity index (χ0v) is 16.1. The molecule has 0 radical (unpaired) electrons. The summed E-state index contributed by atoms with van der Waals surface area (Å²) in [5.74, 6) is 0.908. The first-order valence-corrected chi connectivity index (χ1v) is 8.47. The van der Waals surface area contributed by atoms with E-state index in [4.69, 9.17) is 0 Å². The van der Waals surface area contributed by atoms with Crippen LogP contribution in [0.5, 0.6) is 0 Å². The summed E-state index contributed by atoms with van der Waals surface area (Å²) in [6.45, 7) is 17.1. The minimum Gasteiger partial charge on any atom is -0.391 e. The van der Waals surface area contributed by atoms with Crippen LogP contribution in [0, 0.1) is 5.41 Å². The normalized spacial score (nSPS) is 14.7. The molecule has 1 rings (SSSR count). The van der Waals surface area contributed by atoms with E-state index in [0.29, 0.717) is 6.04 Å². The number of allylic oxidation sites excluding steroid dienone is 1. The van der Waals surface area contributed by atoms with Crippen molar-refractivity contribution in [3.63, 3.8) is 0 Å². The number of aromatic nitrogens is 2. The van der Waals surface area contributed by atoms with E-state index in [1.54, 1.807) is 0 Å². The number of aromatic amines is 1. The third-order valence-electron chi connectivity index (χ3n) is 3.78. The van der Waals surface area contributed by atoms with Crippen LogP contribution >= 0.6 is 0 Å². The number of nitrogens with one attached hydrogen (secondary N) is 4. The van der Waals surface area contributed by atoms with Crippen molar-refractivity contribution >= 4 is 5.82 Å². The molecule has 0 saturated heterocycles. The molecule has 0 aliphatic heterocycles. The van der Waals surface area contributed by atoms with Crippen molar-refractivity contribution in [2.45, 2.75) is 59.9 Å². The average Bonchev–Trinajstić information content (AvgIpc) is 2.88. The molecule has 1 aromatic rings. The first-order chi connectivity index (χ1) is 10.5. The Kier molecular flexibility index (Phi) is 6.69. The number of nitrogens with zero attached hydrogens (tertiary/aromatic N) is 1. The minimum atomic E-state index is 0.0982. The van der Waals surface area contributed by atoms with Crippen LogP contribution in [0.2, 0.25) is 0 Å². The highest BCUT2D eigenvalue weighted by Gasteiger charge is 2.17. The first kappa shape index (κ1) is 19.6. The van der Waals surface area contributed by atoms with Gasteiger partial charge in [-0.1, -0.05) is 41.5 Å². The quantitative estimate of drug-likeness (QED) is 0.582. The van der Waals surface area contributed by atoms with Gasteiger partial charge in [0.15, 0.2) is 0 Å². The summed E-state index contributed by atoms with van der Waals surface area (Å²) in [6, 6.07) is 2.41. The van der Waals surface area contributed by atoms with Crippen LogP contribution in [0.15, 0.2) is 17.8 Å². The van der Waals surface area contributed by atoms with E-state index in [2.05, 4.69) is 86.8 Å². The zero-order valence-electron chi connectivity index (χ0n) is 16.1. The lowest BCUT2D eigenvalue weighted by atomic mass is 9.91. The van der Waals surface area contributed by atoms with Crippen molar-refractivity contribution in [3.05, 3.63) is 23.5 Å². The molecule has 0 amide bonds. The fourth-order valence-electron chi connectivity index (χ4n) is 2.30. The Balaban J connectivity index is 2.40. The lowest BCUT2D eigenvalue weighted by molar-refractivity contribution is 0.465. The van der Waals surface area contributed by atoms with Crippen LogP contribution in [0.1, 0.15) is 54.2 Å². The maximum atomic E-state index is 4.31.